The summed E-state index contributed by atoms with van der Waals surface area (Å²) in [5.74, 6) is 0. The van der Waals surface area contributed by atoms with E-state index in [2.05, 4.69) is 15.0 Å². The second kappa shape index (κ2) is 5.19. The molecular weight excluding hydrogens is 296 g/mol. The van der Waals surface area contributed by atoms with Crippen LogP contribution in [0.3, 0.4) is 0 Å². The molecule has 0 aliphatic heterocycles. The van der Waals surface area contributed by atoms with Crippen molar-refractivity contribution >= 4 is 43.0 Å². The van der Waals surface area contributed by atoms with Crippen molar-refractivity contribution in [2.24, 2.45) is 0 Å². The fourth-order valence-electron chi connectivity index (χ4n) is 1.96. The van der Waals surface area contributed by atoms with E-state index < -0.39 is 15.6 Å². The molecule has 0 atom stereocenters. The van der Waals surface area contributed by atoms with Crippen molar-refractivity contribution in [2.75, 3.05) is 23.9 Å². The summed E-state index contributed by atoms with van der Waals surface area (Å²) in [6.07, 6.45) is 1.14. The van der Waals surface area contributed by atoms with Gasteiger partial charge in [0.25, 0.3) is 0 Å². The van der Waals surface area contributed by atoms with Crippen molar-refractivity contribution in [1.29, 1.82) is 0 Å². The SMILES string of the molecule is CC(C)(CNc1ccc2scnc2c1N)NS(C)(=O)=O. The van der Waals surface area contributed by atoms with E-state index in [-0.39, 0.29) is 0 Å². The number of nitrogen functional groups attached to an aromatic ring is 1. The number of rotatable bonds is 5. The molecule has 8 heteroatoms. The third-order valence-electron chi connectivity index (χ3n) is 2.72. The molecule has 0 aliphatic rings. The summed E-state index contributed by atoms with van der Waals surface area (Å²) in [6, 6.07) is 3.83. The number of thiazole rings is 1. The summed E-state index contributed by atoms with van der Waals surface area (Å²) in [7, 11) is -3.25. The molecule has 2 rings (SSSR count). The van der Waals surface area contributed by atoms with Gasteiger partial charge in [-0.25, -0.2) is 18.1 Å². The maximum absolute atomic E-state index is 11.3. The van der Waals surface area contributed by atoms with Crippen LogP contribution in [0.5, 0.6) is 0 Å². The van der Waals surface area contributed by atoms with Gasteiger partial charge in [-0.1, -0.05) is 0 Å². The van der Waals surface area contributed by atoms with Crippen LogP contribution in [-0.2, 0) is 10.0 Å². The summed E-state index contributed by atoms with van der Waals surface area (Å²) in [6.45, 7) is 4.02. The Balaban J connectivity index is 2.15. The lowest BCUT2D eigenvalue weighted by Crippen LogP contribution is -2.47. The minimum absolute atomic E-state index is 0.417. The van der Waals surface area contributed by atoms with Crippen LogP contribution in [0.4, 0.5) is 11.4 Å². The molecule has 110 valence electrons. The van der Waals surface area contributed by atoms with Gasteiger partial charge in [-0.2, -0.15) is 0 Å². The number of hydrogen-bond acceptors (Lipinski definition) is 6. The molecule has 6 nitrogen and oxygen atoms in total. The number of sulfonamides is 1. The highest BCUT2D eigenvalue weighted by Crippen LogP contribution is 2.30. The fourth-order valence-corrected chi connectivity index (χ4v) is 3.73. The molecule has 4 N–H and O–H groups in total. The maximum Gasteiger partial charge on any atom is 0.209 e. The average molecular weight is 314 g/mol. The number of fused-ring (bicyclic) bond motifs is 1. The van der Waals surface area contributed by atoms with E-state index in [0.717, 1.165) is 22.2 Å². The first-order valence-corrected chi connectivity index (χ1v) is 8.79. The minimum atomic E-state index is -3.25. The van der Waals surface area contributed by atoms with Crippen LogP contribution in [0.2, 0.25) is 0 Å². The second-order valence-corrected chi connectivity index (χ2v) is 7.97. The summed E-state index contributed by atoms with van der Waals surface area (Å²) in [5, 5.41) is 3.17. The molecule has 0 saturated heterocycles. The van der Waals surface area contributed by atoms with Gasteiger partial charge in [-0.05, 0) is 26.0 Å². The first-order valence-electron chi connectivity index (χ1n) is 6.02. The molecule has 0 aliphatic carbocycles. The predicted molar refractivity (Wildman–Crippen MR) is 84.6 cm³/mol. The van der Waals surface area contributed by atoms with E-state index >= 15 is 0 Å². The zero-order valence-corrected chi connectivity index (χ0v) is 13.2. The fraction of sp³-hybridized carbons (Fsp3) is 0.417. The van der Waals surface area contributed by atoms with Crippen molar-refractivity contribution in [3.05, 3.63) is 17.6 Å². The van der Waals surface area contributed by atoms with E-state index in [1.165, 1.54) is 11.3 Å². The number of nitrogens with one attached hydrogen (secondary N) is 2. The first kappa shape index (κ1) is 15.0. The van der Waals surface area contributed by atoms with Gasteiger partial charge < -0.3 is 11.1 Å². The number of aromatic nitrogens is 1. The summed E-state index contributed by atoms with van der Waals surface area (Å²) in [5.41, 5.74) is 9.31. The zero-order valence-electron chi connectivity index (χ0n) is 11.6. The highest BCUT2D eigenvalue weighted by Gasteiger charge is 2.22. The van der Waals surface area contributed by atoms with Crippen molar-refractivity contribution < 1.29 is 8.42 Å². The van der Waals surface area contributed by atoms with Gasteiger partial charge in [0.05, 0.1) is 27.8 Å². The number of nitrogens with two attached hydrogens (primary N) is 1. The molecule has 0 radical (unpaired) electrons. The molecule has 0 spiro atoms. The Kier molecular flexibility index (Phi) is 3.90. The number of benzene rings is 1. The molecule has 20 heavy (non-hydrogen) atoms. The molecule has 2 aromatic rings. The Hall–Kier alpha value is -1.38. The second-order valence-electron chi connectivity index (χ2n) is 5.34. The summed E-state index contributed by atoms with van der Waals surface area (Å²) < 4.78 is 26.2. The highest BCUT2D eigenvalue weighted by molar-refractivity contribution is 7.88. The summed E-state index contributed by atoms with van der Waals surface area (Å²) >= 11 is 1.53. The average Bonchev–Trinajstić information content (AvgIpc) is 2.73. The topological polar surface area (TPSA) is 97.1 Å². The van der Waals surface area contributed by atoms with Gasteiger partial charge in [-0.3, -0.25) is 0 Å². The Morgan fingerprint density at radius 3 is 2.75 bits per heavy atom. The normalized spacial score (nSPS) is 12.8. The summed E-state index contributed by atoms with van der Waals surface area (Å²) in [4.78, 5) is 4.22. The molecule has 1 heterocycles. The van der Waals surface area contributed by atoms with Gasteiger partial charge >= 0.3 is 0 Å². The molecule has 0 unspecified atom stereocenters. The molecule has 0 bridgehead atoms. The smallest absolute Gasteiger partial charge is 0.209 e. The van der Waals surface area contributed by atoms with Crippen molar-refractivity contribution in [1.82, 2.24) is 9.71 Å². The van der Waals surface area contributed by atoms with Crippen LogP contribution in [0.15, 0.2) is 17.6 Å². The number of anilines is 2. The molecular formula is C12H18N4O2S2. The van der Waals surface area contributed by atoms with Gasteiger partial charge in [0.2, 0.25) is 10.0 Å². The molecule has 0 saturated carbocycles. The van der Waals surface area contributed by atoms with Crippen LogP contribution >= 0.6 is 11.3 Å². The van der Waals surface area contributed by atoms with Gasteiger partial charge in [0, 0.05) is 12.1 Å². The van der Waals surface area contributed by atoms with Crippen molar-refractivity contribution in [3.63, 3.8) is 0 Å². The van der Waals surface area contributed by atoms with E-state index in [1.807, 2.05) is 12.1 Å². The highest BCUT2D eigenvalue weighted by atomic mass is 32.2. The van der Waals surface area contributed by atoms with Crippen molar-refractivity contribution in [2.45, 2.75) is 19.4 Å². The van der Waals surface area contributed by atoms with Gasteiger partial charge in [0.15, 0.2) is 0 Å². The largest absolute Gasteiger partial charge is 0.395 e. The maximum atomic E-state index is 11.3. The van der Waals surface area contributed by atoms with Gasteiger partial charge in [-0.15, -0.1) is 11.3 Å². The predicted octanol–water partition coefficient (Wildman–Crippen LogP) is 1.62. The Morgan fingerprint density at radius 2 is 2.10 bits per heavy atom. The molecule has 1 aromatic carbocycles. The third-order valence-corrected chi connectivity index (χ3v) is 4.44. The van der Waals surface area contributed by atoms with E-state index in [9.17, 15) is 8.42 Å². The van der Waals surface area contributed by atoms with Crippen LogP contribution in [0.1, 0.15) is 13.8 Å². The monoisotopic (exact) mass is 314 g/mol. The molecule has 0 fully saturated rings. The van der Waals surface area contributed by atoms with E-state index in [1.54, 1.807) is 19.4 Å². The lowest BCUT2D eigenvalue weighted by Gasteiger charge is -2.26. The standard InChI is InChI=1S/C12H18N4O2S2/c1-12(2,16-20(3,17)18)6-14-8-4-5-9-11(10(8)13)15-7-19-9/h4-5,7,14,16H,6,13H2,1-3H3. The first-order chi connectivity index (χ1) is 9.18. The number of hydrogen-bond donors (Lipinski definition) is 3. The zero-order chi connectivity index (χ0) is 15.0. The van der Waals surface area contributed by atoms with Crippen molar-refractivity contribution in [3.8, 4) is 0 Å². The van der Waals surface area contributed by atoms with Crippen LogP contribution in [0, 0.1) is 0 Å². The van der Waals surface area contributed by atoms with E-state index in [0.29, 0.717) is 12.2 Å². The van der Waals surface area contributed by atoms with Crippen LogP contribution < -0.4 is 15.8 Å². The van der Waals surface area contributed by atoms with Crippen LogP contribution in [-0.4, -0.2) is 31.7 Å². The lowest BCUT2D eigenvalue weighted by molar-refractivity contribution is 0.476. The Labute approximate surface area is 122 Å². The third kappa shape index (κ3) is 3.59. The Morgan fingerprint density at radius 1 is 1.40 bits per heavy atom. The molecule has 0 amide bonds. The van der Waals surface area contributed by atoms with E-state index in [4.69, 9.17) is 5.73 Å². The Bertz CT molecular complexity index is 722. The number of nitrogens with zero attached hydrogens (tertiary/aromatic N) is 1. The minimum Gasteiger partial charge on any atom is -0.395 e. The van der Waals surface area contributed by atoms with Crippen LogP contribution in [0.25, 0.3) is 10.2 Å². The lowest BCUT2D eigenvalue weighted by atomic mass is 10.1. The quantitative estimate of drug-likeness (QED) is 0.729. The van der Waals surface area contributed by atoms with Gasteiger partial charge in [0.1, 0.15) is 5.52 Å². The molecule has 1 aromatic heterocycles.